The highest BCUT2D eigenvalue weighted by Crippen LogP contribution is 2.21. The number of halogens is 1. The first-order chi connectivity index (χ1) is 7.31. The van der Waals surface area contributed by atoms with Crippen molar-refractivity contribution in [2.45, 2.75) is 6.54 Å². The van der Waals surface area contributed by atoms with E-state index in [-0.39, 0.29) is 5.82 Å². The highest BCUT2D eigenvalue weighted by molar-refractivity contribution is 5.62. The second kappa shape index (κ2) is 4.19. The molecule has 0 spiro atoms. The van der Waals surface area contributed by atoms with Crippen LogP contribution in [0, 0.1) is 5.82 Å². The molecule has 0 unspecified atom stereocenters. The molecular formula is C12H11FN2. The Morgan fingerprint density at radius 3 is 2.53 bits per heavy atom. The largest absolute Gasteiger partial charge is 0.325 e. The molecule has 3 heteroatoms. The highest BCUT2D eigenvalue weighted by Gasteiger charge is 2.03. The third kappa shape index (κ3) is 2.02. The fourth-order valence-electron chi connectivity index (χ4n) is 1.40. The number of rotatable bonds is 2. The Kier molecular flexibility index (Phi) is 2.74. The van der Waals surface area contributed by atoms with Crippen LogP contribution >= 0.6 is 0 Å². The fraction of sp³-hybridized carbons (Fsp3) is 0.0833. The summed E-state index contributed by atoms with van der Waals surface area (Å²) >= 11 is 0. The number of hydrogen-bond donors (Lipinski definition) is 1. The van der Waals surface area contributed by atoms with Crippen LogP contribution in [0.25, 0.3) is 11.1 Å². The van der Waals surface area contributed by atoms with Gasteiger partial charge in [-0.1, -0.05) is 24.3 Å². The van der Waals surface area contributed by atoms with Gasteiger partial charge in [0, 0.05) is 23.9 Å². The summed E-state index contributed by atoms with van der Waals surface area (Å²) in [5.41, 5.74) is 7.57. The van der Waals surface area contributed by atoms with Gasteiger partial charge in [0.15, 0.2) is 0 Å². The van der Waals surface area contributed by atoms with Crippen molar-refractivity contribution in [1.29, 1.82) is 0 Å². The Morgan fingerprint density at radius 2 is 1.93 bits per heavy atom. The van der Waals surface area contributed by atoms with Crippen molar-refractivity contribution < 1.29 is 4.39 Å². The van der Waals surface area contributed by atoms with Gasteiger partial charge in [0.1, 0.15) is 5.82 Å². The third-order valence-electron chi connectivity index (χ3n) is 2.22. The second-order valence-electron chi connectivity index (χ2n) is 3.22. The molecule has 76 valence electrons. The zero-order valence-corrected chi connectivity index (χ0v) is 8.15. The van der Waals surface area contributed by atoms with E-state index >= 15 is 0 Å². The Balaban J connectivity index is 2.42. The maximum Gasteiger partial charge on any atom is 0.131 e. The quantitative estimate of drug-likeness (QED) is 0.811. The number of pyridine rings is 1. The van der Waals surface area contributed by atoms with Gasteiger partial charge in [0.2, 0.25) is 0 Å². The molecule has 2 N–H and O–H groups in total. The van der Waals surface area contributed by atoms with Crippen molar-refractivity contribution in [3.05, 3.63) is 54.1 Å². The number of aromatic nitrogens is 1. The summed E-state index contributed by atoms with van der Waals surface area (Å²) in [4.78, 5) is 4.12. The monoisotopic (exact) mass is 202 g/mol. The van der Waals surface area contributed by atoms with Crippen LogP contribution in [0.15, 0.2) is 42.6 Å². The van der Waals surface area contributed by atoms with E-state index in [2.05, 4.69) is 4.98 Å². The van der Waals surface area contributed by atoms with Gasteiger partial charge in [0.05, 0.1) is 5.69 Å². The van der Waals surface area contributed by atoms with Gasteiger partial charge < -0.3 is 5.73 Å². The lowest BCUT2D eigenvalue weighted by atomic mass is 10.1. The normalized spacial score (nSPS) is 10.3. The zero-order valence-electron chi connectivity index (χ0n) is 8.15. The van der Waals surface area contributed by atoms with Crippen LogP contribution in [-0.2, 0) is 6.54 Å². The van der Waals surface area contributed by atoms with Gasteiger partial charge in [-0.2, -0.15) is 0 Å². The first-order valence-corrected chi connectivity index (χ1v) is 4.71. The molecule has 0 aliphatic heterocycles. The predicted octanol–water partition coefficient (Wildman–Crippen LogP) is 2.35. The second-order valence-corrected chi connectivity index (χ2v) is 3.22. The molecule has 0 radical (unpaired) electrons. The maximum atomic E-state index is 13.4. The number of nitrogens with two attached hydrogens (primary N) is 1. The summed E-state index contributed by atoms with van der Waals surface area (Å²) in [6, 6.07) is 10.3. The Morgan fingerprint density at radius 1 is 1.13 bits per heavy atom. The molecule has 0 fully saturated rings. The predicted molar refractivity (Wildman–Crippen MR) is 57.5 cm³/mol. The summed E-state index contributed by atoms with van der Waals surface area (Å²) in [5.74, 6) is -0.236. The molecule has 1 aromatic heterocycles. The van der Waals surface area contributed by atoms with Crippen molar-refractivity contribution >= 4 is 0 Å². The van der Waals surface area contributed by atoms with Gasteiger partial charge in [-0.25, -0.2) is 4.39 Å². The van der Waals surface area contributed by atoms with Crippen molar-refractivity contribution in [2.75, 3.05) is 0 Å². The Labute approximate surface area is 87.6 Å². The molecule has 0 saturated heterocycles. The van der Waals surface area contributed by atoms with E-state index in [1.165, 1.54) is 6.07 Å². The van der Waals surface area contributed by atoms with Crippen molar-refractivity contribution in [1.82, 2.24) is 4.98 Å². The van der Waals surface area contributed by atoms with Crippen molar-refractivity contribution in [3.63, 3.8) is 0 Å². The number of benzene rings is 1. The summed E-state index contributed by atoms with van der Waals surface area (Å²) in [7, 11) is 0. The van der Waals surface area contributed by atoms with Gasteiger partial charge >= 0.3 is 0 Å². The van der Waals surface area contributed by atoms with Crippen LogP contribution in [0.2, 0.25) is 0 Å². The van der Waals surface area contributed by atoms with E-state index in [4.69, 9.17) is 5.73 Å². The average molecular weight is 202 g/mol. The minimum Gasteiger partial charge on any atom is -0.325 e. The van der Waals surface area contributed by atoms with Crippen LogP contribution in [0.4, 0.5) is 4.39 Å². The van der Waals surface area contributed by atoms with E-state index < -0.39 is 0 Å². The van der Waals surface area contributed by atoms with Crippen molar-refractivity contribution in [3.8, 4) is 11.1 Å². The lowest BCUT2D eigenvalue weighted by Crippen LogP contribution is -1.98. The first-order valence-electron chi connectivity index (χ1n) is 4.71. The van der Waals surface area contributed by atoms with Crippen LogP contribution in [0.1, 0.15) is 5.69 Å². The smallest absolute Gasteiger partial charge is 0.131 e. The SMILES string of the molecule is NCc1ccc(-c2ccccc2F)cn1. The summed E-state index contributed by atoms with van der Waals surface area (Å²) in [6.07, 6.45) is 1.64. The molecule has 15 heavy (non-hydrogen) atoms. The summed E-state index contributed by atoms with van der Waals surface area (Å²) in [5, 5.41) is 0. The standard InChI is InChI=1S/C12H11FN2/c13-12-4-2-1-3-11(12)9-5-6-10(7-14)15-8-9/h1-6,8H,7,14H2. The average Bonchev–Trinajstić information content (AvgIpc) is 2.30. The van der Waals surface area contributed by atoms with E-state index in [1.54, 1.807) is 24.4 Å². The highest BCUT2D eigenvalue weighted by atomic mass is 19.1. The lowest BCUT2D eigenvalue weighted by Gasteiger charge is -2.03. The van der Waals surface area contributed by atoms with Gasteiger partial charge in [-0.15, -0.1) is 0 Å². The molecule has 0 atom stereocenters. The van der Waals surface area contributed by atoms with E-state index in [0.29, 0.717) is 12.1 Å². The molecule has 0 aliphatic carbocycles. The van der Waals surface area contributed by atoms with Crippen LogP contribution < -0.4 is 5.73 Å². The van der Waals surface area contributed by atoms with E-state index in [0.717, 1.165) is 11.3 Å². The van der Waals surface area contributed by atoms with Gasteiger partial charge in [0.25, 0.3) is 0 Å². The maximum absolute atomic E-state index is 13.4. The topological polar surface area (TPSA) is 38.9 Å². The van der Waals surface area contributed by atoms with Crippen LogP contribution in [0.3, 0.4) is 0 Å². The third-order valence-corrected chi connectivity index (χ3v) is 2.22. The first kappa shape index (κ1) is 9.80. The number of nitrogens with zero attached hydrogens (tertiary/aromatic N) is 1. The fourth-order valence-corrected chi connectivity index (χ4v) is 1.40. The molecule has 0 aliphatic rings. The molecular weight excluding hydrogens is 191 g/mol. The van der Waals surface area contributed by atoms with Crippen LogP contribution in [0.5, 0.6) is 0 Å². The molecule has 2 rings (SSSR count). The Bertz CT molecular complexity index is 451. The van der Waals surface area contributed by atoms with Crippen LogP contribution in [-0.4, -0.2) is 4.98 Å². The molecule has 1 aromatic carbocycles. The van der Waals surface area contributed by atoms with Gasteiger partial charge in [-0.3, -0.25) is 4.98 Å². The minimum absolute atomic E-state index is 0.236. The molecule has 2 aromatic rings. The van der Waals surface area contributed by atoms with Gasteiger partial charge in [-0.05, 0) is 12.1 Å². The summed E-state index contributed by atoms with van der Waals surface area (Å²) < 4.78 is 13.4. The minimum atomic E-state index is -0.236. The zero-order chi connectivity index (χ0) is 10.7. The van der Waals surface area contributed by atoms with E-state index in [9.17, 15) is 4.39 Å². The Hall–Kier alpha value is -1.74. The number of hydrogen-bond acceptors (Lipinski definition) is 2. The molecule has 2 nitrogen and oxygen atoms in total. The van der Waals surface area contributed by atoms with E-state index in [1.807, 2.05) is 12.1 Å². The molecule has 0 amide bonds. The van der Waals surface area contributed by atoms with Crippen molar-refractivity contribution in [2.24, 2.45) is 5.73 Å². The molecule has 0 bridgehead atoms. The molecule has 1 heterocycles. The summed E-state index contributed by atoms with van der Waals surface area (Å²) in [6.45, 7) is 0.400. The molecule has 0 saturated carbocycles. The lowest BCUT2D eigenvalue weighted by molar-refractivity contribution is 0.631.